The lowest BCUT2D eigenvalue weighted by Gasteiger charge is -2.07. The minimum atomic E-state index is -0.421. The largest absolute Gasteiger partial charge is 0.381 e. The molecule has 8 heteroatoms. The van der Waals surface area contributed by atoms with Gasteiger partial charge in [-0.3, -0.25) is 5.10 Å². The second kappa shape index (κ2) is 7.08. The third-order valence-electron chi connectivity index (χ3n) is 2.95. The van der Waals surface area contributed by atoms with Crippen molar-refractivity contribution in [3.63, 3.8) is 0 Å². The fourth-order valence-electron chi connectivity index (χ4n) is 1.91. The van der Waals surface area contributed by atoms with E-state index in [-0.39, 0.29) is 5.82 Å². The molecule has 0 aliphatic heterocycles. The molecule has 0 radical (unpaired) electrons. The molecule has 2 amide bonds. The highest BCUT2D eigenvalue weighted by molar-refractivity contribution is 5.89. The average Bonchev–Trinajstić information content (AvgIpc) is 2.84. The maximum Gasteiger partial charge on any atom is 0.319 e. The Morgan fingerprint density at radius 2 is 2.32 bits per heavy atom. The number of nitriles is 1. The number of H-pyrrole nitrogens is 1. The van der Waals surface area contributed by atoms with Gasteiger partial charge in [-0.1, -0.05) is 6.07 Å². The first kappa shape index (κ1) is 15.3. The number of nitrogens with two attached hydrogens (primary N) is 1. The number of halogens is 1. The molecule has 0 unspecified atom stereocenters. The summed E-state index contributed by atoms with van der Waals surface area (Å²) in [4.78, 5) is 11.6. The first-order chi connectivity index (χ1) is 10.6. The van der Waals surface area contributed by atoms with Crippen molar-refractivity contribution in [1.82, 2.24) is 15.5 Å². The first-order valence-corrected chi connectivity index (χ1v) is 6.63. The van der Waals surface area contributed by atoms with E-state index in [1.807, 2.05) is 6.07 Å². The van der Waals surface area contributed by atoms with Gasteiger partial charge in [0.15, 0.2) is 5.82 Å². The standard InChI is InChI=1S/C14H15FN6O/c15-9-3-1-4-10(7-9)19-14(22)18-6-2-5-12-11(8-16)13(17)21-20-12/h1,3-4,7H,2,5-6H2,(H3,17,20,21)(H2,18,19,22). The Morgan fingerprint density at radius 1 is 1.50 bits per heavy atom. The van der Waals surface area contributed by atoms with Crippen LogP contribution in [-0.2, 0) is 6.42 Å². The van der Waals surface area contributed by atoms with Crippen LogP contribution in [0.3, 0.4) is 0 Å². The summed E-state index contributed by atoms with van der Waals surface area (Å²) >= 11 is 0. The third kappa shape index (κ3) is 3.96. The number of carbonyl (C=O) groups is 1. The zero-order valence-electron chi connectivity index (χ0n) is 11.7. The zero-order valence-corrected chi connectivity index (χ0v) is 11.7. The predicted octanol–water partition coefficient (Wildman–Crippen LogP) is 1.76. The number of aromatic amines is 1. The number of nitrogen functional groups attached to an aromatic ring is 1. The average molecular weight is 302 g/mol. The number of hydrogen-bond donors (Lipinski definition) is 4. The molecule has 1 aromatic heterocycles. The zero-order chi connectivity index (χ0) is 15.9. The highest BCUT2D eigenvalue weighted by Crippen LogP contribution is 2.13. The number of carbonyl (C=O) groups excluding carboxylic acids is 1. The number of anilines is 2. The van der Waals surface area contributed by atoms with E-state index in [0.29, 0.717) is 36.3 Å². The van der Waals surface area contributed by atoms with Gasteiger partial charge in [-0.05, 0) is 31.0 Å². The van der Waals surface area contributed by atoms with E-state index in [1.165, 1.54) is 18.2 Å². The lowest BCUT2D eigenvalue weighted by Crippen LogP contribution is -2.29. The molecule has 22 heavy (non-hydrogen) atoms. The van der Waals surface area contributed by atoms with Crippen molar-refractivity contribution in [2.24, 2.45) is 0 Å². The highest BCUT2D eigenvalue weighted by atomic mass is 19.1. The SMILES string of the molecule is N#Cc1c(N)n[nH]c1CCCNC(=O)Nc1cccc(F)c1. The Balaban J connectivity index is 1.74. The van der Waals surface area contributed by atoms with E-state index < -0.39 is 11.8 Å². The van der Waals surface area contributed by atoms with Gasteiger partial charge >= 0.3 is 6.03 Å². The summed E-state index contributed by atoms with van der Waals surface area (Å²) in [5, 5.41) is 20.5. The summed E-state index contributed by atoms with van der Waals surface area (Å²) in [6.07, 6.45) is 1.14. The van der Waals surface area contributed by atoms with Gasteiger partial charge in [0.25, 0.3) is 0 Å². The number of nitrogens with one attached hydrogen (secondary N) is 3. The van der Waals surface area contributed by atoms with Crippen LogP contribution in [0.4, 0.5) is 20.7 Å². The first-order valence-electron chi connectivity index (χ1n) is 6.63. The van der Waals surface area contributed by atoms with Crippen LogP contribution in [0.1, 0.15) is 17.7 Å². The molecule has 0 fully saturated rings. The highest BCUT2D eigenvalue weighted by Gasteiger charge is 2.09. The smallest absolute Gasteiger partial charge is 0.319 e. The van der Waals surface area contributed by atoms with E-state index in [4.69, 9.17) is 11.0 Å². The number of benzene rings is 1. The molecule has 2 rings (SSSR count). The van der Waals surface area contributed by atoms with Crippen molar-refractivity contribution in [1.29, 1.82) is 5.26 Å². The summed E-state index contributed by atoms with van der Waals surface area (Å²) in [5.74, 6) is -0.243. The van der Waals surface area contributed by atoms with Gasteiger partial charge < -0.3 is 16.4 Å². The lowest BCUT2D eigenvalue weighted by molar-refractivity contribution is 0.252. The summed E-state index contributed by atoms with van der Waals surface area (Å²) < 4.78 is 13.0. The van der Waals surface area contributed by atoms with Gasteiger partial charge in [0.2, 0.25) is 0 Å². The molecule has 0 aliphatic rings. The van der Waals surface area contributed by atoms with Gasteiger partial charge in [0.05, 0.1) is 5.69 Å². The number of aromatic nitrogens is 2. The molecule has 0 atom stereocenters. The fraction of sp³-hybridized carbons (Fsp3) is 0.214. The molecule has 7 nitrogen and oxygen atoms in total. The maximum atomic E-state index is 13.0. The van der Waals surface area contributed by atoms with Crippen LogP contribution in [0.2, 0.25) is 0 Å². The minimum absolute atomic E-state index is 0.175. The normalized spacial score (nSPS) is 10.0. The van der Waals surface area contributed by atoms with Crippen LogP contribution in [0.15, 0.2) is 24.3 Å². The Kier molecular flexibility index (Phi) is 4.93. The Labute approximate surface area is 126 Å². The number of nitrogens with zero attached hydrogens (tertiary/aromatic N) is 2. The van der Waals surface area contributed by atoms with Crippen molar-refractivity contribution >= 4 is 17.5 Å². The Hall–Kier alpha value is -3.08. The quantitative estimate of drug-likeness (QED) is 0.629. The summed E-state index contributed by atoms with van der Waals surface area (Å²) in [5.41, 5.74) is 6.89. The molecule has 0 aliphatic carbocycles. The van der Waals surface area contributed by atoms with E-state index in [9.17, 15) is 9.18 Å². The number of amides is 2. The van der Waals surface area contributed by atoms with E-state index in [0.717, 1.165) is 0 Å². The Morgan fingerprint density at radius 3 is 3.05 bits per heavy atom. The molecule has 0 saturated carbocycles. The van der Waals surface area contributed by atoms with Gasteiger partial charge in [0, 0.05) is 12.2 Å². The van der Waals surface area contributed by atoms with Gasteiger partial charge in [-0.2, -0.15) is 10.4 Å². The molecule has 5 N–H and O–H groups in total. The minimum Gasteiger partial charge on any atom is -0.381 e. The van der Waals surface area contributed by atoms with Crippen LogP contribution in [0, 0.1) is 17.1 Å². The second-order valence-corrected chi connectivity index (χ2v) is 4.57. The molecule has 2 aromatic rings. The number of rotatable bonds is 5. The molecular formula is C14H15FN6O. The van der Waals surface area contributed by atoms with Crippen LogP contribution < -0.4 is 16.4 Å². The van der Waals surface area contributed by atoms with Gasteiger partial charge in [0.1, 0.15) is 17.4 Å². The second-order valence-electron chi connectivity index (χ2n) is 4.57. The number of urea groups is 1. The maximum absolute atomic E-state index is 13.0. The van der Waals surface area contributed by atoms with E-state index >= 15 is 0 Å². The summed E-state index contributed by atoms with van der Waals surface area (Å²) in [7, 11) is 0. The van der Waals surface area contributed by atoms with E-state index in [2.05, 4.69) is 20.8 Å². The van der Waals surface area contributed by atoms with Crippen molar-refractivity contribution in [3.05, 3.63) is 41.3 Å². The molecule has 0 spiro atoms. The van der Waals surface area contributed by atoms with E-state index in [1.54, 1.807) is 6.07 Å². The molecular weight excluding hydrogens is 287 g/mol. The van der Waals surface area contributed by atoms with Crippen molar-refractivity contribution in [2.45, 2.75) is 12.8 Å². The Bertz CT molecular complexity index is 706. The molecule has 1 aromatic carbocycles. The fourth-order valence-corrected chi connectivity index (χ4v) is 1.91. The number of aryl methyl sites for hydroxylation is 1. The monoisotopic (exact) mass is 302 g/mol. The van der Waals surface area contributed by atoms with Crippen LogP contribution in [0.25, 0.3) is 0 Å². The van der Waals surface area contributed by atoms with Crippen LogP contribution >= 0.6 is 0 Å². The topological polar surface area (TPSA) is 120 Å². The molecule has 1 heterocycles. The molecule has 114 valence electrons. The molecule has 0 bridgehead atoms. The van der Waals surface area contributed by atoms with Crippen molar-refractivity contribution in [2.75, 3.05) is 17.6 Å². The third-order valence-corrected chi connectivity index (χ3v) is 2.95. The van der Waals surface area contributed by atoms with Gasteiger partial charge in [-0.25, -0.2) is 9.18 Å². The lowest BCUT2D eigenvalue weighted by atomic mass is 10.1. The van der Waals surface area contributed by atoms with Gasteiger partial charge in [-0.15, -0.1) is 0 Å². The van der Waals surface area contributed by atoms with Crippen molar-refractivity contribution < 1.29 is 9.18 Å². The summed E-state index contributed by atoms with van der Waals surface area (Å²) in [6.45, 7) is 0.394. The van der Waals surface area contributed by atoms with Crippen LogP contribution in [-0.4, -0.2) is 22.8 Å². The number of hydrogen-bond acceptors (Lipinski definition) is 4. The predicted molar refractivity (Wildman–Crippen MR) is 79.5 cm³/mol. The molecule has 0 saturated heterocycles. The van der Waals surface area contributed by atoms with Crippen LogP contribution in [0.5, 0.6) is 0 Å². The summed E-state index contributed by atoms with van der Waals surface area (Å²) in [6, 6.07) is 7.19. The van der Waals surface area contributed by atoms with Crippen molar-refractivity contribution in [3.8, 4) is 6.07 Å².